The van der Waals surface area contributed by atoms with E-state index in [4.69, 9.17) is 0 Å². The van der Waals surface area contributed by atoms with Crippen LogP contribution in [0.25, 0.3) is 0 Å². The topological polar surface area (TPSA) is 17.8 Å². The van der Waals surface area contributed by atoms with Crippen LogP contribution in [0, 0.1) is 0 Å². The highest BCUT2D eigenvalue weighted by Gasteiger charge is 2.16. The van der Waals surface area contributed by atoms with E-state index >= 15 is 0 Å². The molecule has 12 heavy (non-hydrogen) atoms. The van der Waals surface area contributed by atoms with E-state index in [1.54, 1.807) is 0 Å². The molecule has 2 rings (SSSR count). The molecule has 3 heteroatoms. The molecule has 0 spiro atoms. The van der Waals surface area contributed by atoms with Gasteiger partial charge in [0.2, 0.25) is 0 Å². The molecule has 1 aliphatic rings. The maximum Gasteiger partial charge on any atom is 0.0730 e. The third-order valence-corrected chi connectivity index (χ3v) is 3.07. The molecule has 1 saturated carbocycles. The molecular weight excluding hydrogens is 216 g/mol. The van der Waals surface area contributed by atoms with Crippen molar-refractivity contribution < 1.29 is 0 Å². The fourth-order valence-electron chi connectivity index (χ4n) is 1.82. The van der Waals surface area contributed by atoms with E-state index in [1.807, 2.05) is 0 Å². The van der Waals surface area contributed by atoms with Crippen molar-refractivity contribution in [2.45, 2.75) is 37.1 Å². The van der Waals surface area contributed by atoms with Gasteiger partial charge in [-0.3, -0.25) is 4.68 Å². The van der Waals surface area contributed by atoms with Crippen molar-refractivity contribution in [2.24, 2.45) is 0 Å². The second-order valence-corrected chi connectivity index (χ2v) is 3.92. The number of nitrogens with zero attached hydrogens (tertiary/aromatic N) is 2. The largest absolute Gasteiger partial charge is 0.269 e. The molecule has 0 bridgehead atoms. The fraction of sp³-hybridized carbons (Fsp3) is 0.667. The zero-order valence-corrected chi connectivity index (χ0v) is 8.63. The van der Waals surface area contributed by atoms with E-state index < -0.39 is 0 Å². The van der Waals surface area contributed by atoms with Gasteiger partial charge in [-0.1, -0.05) is 28.8 Å². The van der Waals surface area contributed by atoms with Gasteiger partial charge in [-0.2, -0.15) is 5.10 Å². The van der Waals surface area contributed by atoms with Gasteiger partial charge in [0.25, 0.3) is 0 Å². The molecule has 1 heterocycles. The molecule has 1 aliphatic carbocycles. The van der Waals surface area contributed by atoms with Crippen LogP contribution in [0.3, 0.4) is 0 Å². The first kappa shape index (κ1) is 8.30. The quantitative estimate of drug-likeness (QED) is 0.713. The predicted octanol–water partition coefficient (Wildman–Crippen LogP) is 2.89. The van der Waals surface area contributed by atoms with Gasteiger partial charge in [-0.05, 0) is 18.9 Å². The van der Waals surface area contributed by atoms with Crippen molar-refractivity contribution in [3.8, 4) is 0 Å². The first-order valence-corrected chi connectivity index (χ1v) is 5.62. The smallest absolute Gasteiger partial charge is 0.0730 e. The number of aromatic nitrogens is 2. The summed E-state index contributed by atoms with van der Waals surface area (Å²) in [6.45, 7) is 0. The summed E-state index contributed by atoms with van der Waals surface area (Å²) in [6.07, 6.45) is 7.46. The van der Waals surface area contributed by atoms with Crippen molar-refractivity contribution >= 4 is 15.9 Å². The minimum atomic E-state index is 0.679. The van der Waals surface area contributed by atoms with Gasteiger partial charge in [-0.25, -0.2) is 0 Å². The number of hydrogen-bond donors (Lipinski definition) is 0. The summed E-state index contributed by atoms with van der Waals surface area (Å²) in [4.78, 5) is 0. The highest BCUT2D eigenvalue weighted by molar-refractivity contribution is 9.08. The van der Waals surface area contributed by atoms with Crippen LogP contribution in [-0.2, 0) is 5.33 Å². The van der Waals surface area contributed by atoms with Crippen molar-refractivity contribution in [3.05, 3.63) is 18.0 Å². The molecule has 0 unspecified atom stereocenters. The lowest BCUT2D eigenvalue weighted by Crippen LogP contribution is -2.05. The number of rotatable bonds is 2. The average molecular weight is 229 g/mol. The van der Waals surface area contributed by atoms with Crippen LogP contribution >= 0.6 is 15.9 Å². The Balaban J connectivity index is 2.11. The zero-order chi connectivity index (χ0) is 8.39. The lowest BCUT2D eigenvalue weighted by Gasteiger charge is -2.08. The van der Waals surface area contributed by atoms with E-state index in [-0.39, 0.29) is 0 Å². The molecule has 1 aromatic heterocycles. The van der Waals surface area contributed by atoms with Crippen molar-refractivity contribution in [1.82, 2.24) is 9.78 Å². The summed E-state index contributed by atoms with van der Waals surface area (Å²) in [5.41, 5.74) is 1.14. The summed E-state index contributed by atoms with van der Waals surface area (Å²) in [7, 11) is 0. The second kappa shape index (κ2) is 3.60. The molecule has 0 atom stereocenters. The van der Waals surface area contributed by atoms with Gasteiger partial charge >= 0.3 is 0 Å². The van der Waals surface area contributed by atoms with Crippen molar-refractivity contribution in [2.75, 3.05) is 0 Å². The van der Waals surface area contributed by atoms with Gasteiger partial charge in [0, 0.05) is 11.5 Å². The van der Waals surface area contributed by atoms with Crippen LogP contribution in [0.1, 0.15) is 37.4 Å². The molecule has 0 aliphatic heterocycles. The number of hydrogen-bond acceptors (Lipinski definition) is 1. The maximum absolute atomic E-state index is 4.48. The Morgan fingerprint density at radius 1 is 1.50 bits per heavy atom. The van der Waals surface area contributed by atoms with Crippen LogP contribution in [0.15, 0.2) is 12.3 Å². The molecule has 0 radical (unpaired) electrons. The van der Waals surface area contributed by atoms with Crippen molar-refractivity contribution in [1.29, 1.82) is 0 Å². The van der Waals surface area contributed by atoms with Crippen molar-refractivity contribution in [3.63, 3.8) is 0 Å². The Hall–Kier alpha value is -0.310. The minimum absolute atomic E-state index is 0.679. The van der Waals surface area contributed by atoms with E-state index in [0.29, 0.717) is 6.04 Å². The second-order valence-electron chi connectivity index (χ2n) is 3.36. The summed E-state index contributed by atoms with van der Waals surface area (Å²) in [6, 6.07) is 2.77. The molecular formula is C9H13BrN2. The molecule has 66 valence electrons. The lowest BCUT2D eigenvalue weighted by molar-refractivity contribution is 0.464. The highest BCUT2D eigenvalue weighted by Crippen LogP contribution is 2.28. The van der Waals surface area contributed by atoms with Gasteiger partial charge in [0.05, 0.1) is 11.7 Å². The fourth-order valence-corrected chi connectivity index (χ4v) is 2.12. The minimum Gasteiger partial charge on any atom is -0.269 e. The van der Waals surface area contributed by atoms with Gasteiger partial charge < -0.3 is 0 Å². The van der Waals surface area contributed by atoms with Crippen LogP contribution in [-0.4, -0.2) is 9.78 Å². The summed E-state index contributed by atoms with van der Waals surface area (Å²) < 4.78 is 2.13. The van der Waals surface area contributed by atoms with Gasteiger partial charge in [-0.15, -0.1) is 0 Å². The van der Waals surface area contributed by atoms with E-state index in [2.05, 4.69) is 38.0 Å². The SMILES string of the molecule is BrCc1ccn(C2CCCC2)n1. The maximum atomic E-state index is 4.48. The third-order valence-electron chi connectivity index (χ3n) is 2.50. The lowest BCUT2D eigenvalue weighted by atomic mass is 10.3. The zero-order valence-electron chi connectivity index (χ0n) is 7.04. The Kier molecular flexibility index (Phi) is 2.49. The summed E-state index contributed by atoms with van der Waals surface area (Å²) in [5, 5.41) is 5.35. The van der Waals surface area contributed by atoms with E-state index in [1.165, 1.54) is 25.7 Å². The van der Waals surface area contributed by atoms with Crippen LogP contribution < -0.4 is 0 Å². The Bertz CT molecular complexity index is 251. The summed E-state index contributed by atoms with van der Waals surface area (Å²) >= 11 is 3.40. The van der Waals surface area contributed by atoms with Crippen LogP contribution in [0.4, 0.5) is 0 Å². The molecule has 1 aromatic rings. The number of halogens is 1. The molecule has 0 N–H and O–H groups in total. The molecule has 0 saturated heterocycles. The van der Waals surface area contributed by atoms with Gasteiger partial charge in [0.1, 0.15) is 0 Å². The van der Waals surface area contributed by atoms with Crippen LogP contribution in [0.5, 0.6) is 0 Å². The number of alkyl halides is 1. The molecule has 2 nitrogen and oxygen atoms in total. The molecule has 0 aromatic carbocycles. The first-order chi connectivity index (χ1) is 5.90. The first-order valence-electron chi connectivity index (χ1n) is 4.50. The Morgan fingerprint density at radius 2 is 2.25 bits per heavy atom. The summed E-state index contributed by atoms with van der Waals surface area (Å²) in [5.74, 6) is 0. The van der Waals surface area contributed by atoms with E-state index in [0.717, 1.165) is 11.0 Å². The predicted molar refractivity (Wildman–Crippen MR) is 52.4 cm³/mol. The standard InChI is InChI=1S/C9H13BrN2/c10-7-8-5-6-12(11-8)9-3-1-2-4-9/h5-6,9H,1-4,7H2. The Morgan fingerprint density at radius 3 is 2.83 bits per heavy atom. The molecule has 1 fully saturated rings. The normalized spacial score (nSPS) is 18.8. The van der Waals surface area contributed by atoms with Crippen LogP contribution in [0.2, 0.25) is 0 Å². The highest BCUT2D eigenvalue weighted by atomic mass is 79.9. The third kappa shape index (κ3) is 1.56. The molecule has 0 amide bonds. The monoisotopic (exact) mass is 228 g/mol. The average Bonchev–Trinajstić information content (AvgIpc) is 2.75. The van der Waals surface area contributed by atoms with Gasteiger partial charge in [0.15, 0.2) is 0 Å². The Labute approximate surface area is 81.1 Å². The van der Waals surface area contributed by atoms with E-state index in [9.17, 15) is 0 Å².